The first-order valence-corrected chi connectivity index (χ1v) is 8.47. The number of nitro benzene ring substituents is 1. The van der Waals surface area contributed by atoms with Gasteiger partial charge in [-0.05, 0) is 51.1 Å². The normalized spacial score (nSPS) is 10.8. The highest BCUT2D eigenvalue weighted by molar-refractivity contribution is 5.88. The monoisotopic (exact) mass is 402 g/mol. The van der Waals surface area contributed by atoms with Gasteiger partial charge in [0.1, 0.15) is 28.9 Å². The van der Waals surface area contributed by atoms with Gasteiger partial charge in [-0.15, -0.1) is 0 Å². The lowest BCUT2D eigenvalue weighted by molar-refractivity contribution is -0.384. The van der Waals surface area contributed by atoms with E-state index in [1.807, 2.05) is 0 Å². The zero-order chi connectivity index (χ0) is 21.8. The summed E-state index contributed by atoms with van der Waals surface area (Å²) in [5.74, 6) is 0.558. The summed E-state index contributed by atoms with van der Waals surface area (Å²) in [6.45, 7) is 5.25. The molecule has 0 unspecified atom stereocenters. The van der Waals surface area contributed by atoms with Gasteiger partial charge < -0.3 is 24.3 Å². The fourth-order valence-electron chi connectivity index (χ4n) is 2.25. The van der Waals surface area contributed by atoms with Crippen molar-refractivity contribution in [1.29, 1.82) is 0 Å². The van der Waals surface area contributed by atoms with Gasteiger partial charge in [0.15, 0.2) is 0 Å². The number of nitrogens with zero attached hydrogens (tertiary/aromatic N) is 2. The number of rotatable bonds is 5. The Labute approximate surface area is 166 Å². The van der Waals surface area contributed by atoms with Crippen molar-refractivity contribution in [2.75, 3.05) is 17.3 Å². The van der Waals surface area contributed by atoms with Gasteiger partial charge in [-0.25, -0.2) is 4.79 Å². The summed E-state index contributed by atoms with van der Waals surface area (Å²) in [6.07, 6.45) is -2.20. The molecule has 0 aromatic heterocycles. The van der Waals surface area contributed by atoms with Gasteiger partial charge in [-0.2, -0.15) is 0 Å². The molecular formula is C19H20N3O7-. The Morgan fingerprint density at radius 1 is 1.07 bits per heavy atom. The van der Waals surface area contributed by atoms with Crippen LogP contribution in [0.5, 0.6) is 11.5 Å². The summed E-state index contributed by atoms with van der Waals surface area (Å²) < 4.78 is 10.8. The van der Waals surface area contributed by atoms with E-state index in [2.05, 4.69) is 5.32 Å². The molecule has 0 aliphatic carbocycles. The van der Waals surface area contributed by atoms with Crippen molar-refractivity contribution in [2.24, 2.45) is 0 Å². The Bertz CT molecular complexity index is 920. The summed E-state index contributed by atoms with van der Waals surface area (Å²) in [7, 11) is 1.14. The Kier molecular flexibility index (Phi) is 6.27. The minimum absolute atomic E-state index is 0.185. The summed E-state index contributed by atoms with van der Waals surface area (Å²) in [5.41, 5.74) is -0.733. The van der Waals surface area contributed by atoms with Gasteiger partial charge >= 0.3 is 6.09 Å². The first-order chi connectivity index (χ1) is 13.5. The maximum atomic E-state index is 11.8. The Morgan fingerprint density at radius 2 is 1.66 bits per heavy atom. The van der Waals surface area contributed by atoms with Crippen LogP contribution in [0.2, 0.25) is 0 Å². The quantitative estimate of drug-likeness (QED) is 0.597. The largest absolute Gasteiger partial charge is 0.530 e. The van der Waals surface area contributed by atoms with Crippen LogP contribution in [-0.2, 0) is 4.74 Å². The molecule has 2 amide bonds. The van der Waals surface area contributed by atoms with E-state index in [4.69, 9.17) is 9.47 Å². The van der Waals surface area contributed by atoms with Crippen LogP contribution >= 0.6 is 0 Å². The number of carbonyl (C=O) groups is 2. The second kappa shape index (κ2) is 8.46. The molecule has 1 N–H and O–H groups in total. The molecule has 10 nitrogen and oxygen atoms in total. The molecule has 0 aliphatic heterocycles. The number of carboxylic acid groups (broad SMARTS) is 1. The molecule has 10 heteroatoms. The van der Waals surface area contributed by atoms with Crippen molar-refractivity contribution in [3.63, 3.8) is 0 Å². The number of ether oxygens (including phenoxy) is 2. The third-order valence-corrected chi connectivity index (χ3v) is 3.51. The number of hydrogen-bond acceptors (Lipinski definition) is 7. The molecule has 0 aliphatic rings. The Morgan fingerprint density at radius 3 is 2.17 bits per heavy atom. The topological polar surface area (TPSA) is 134 Å². The van der Waals surface area contributed by atoms with E-state index in [0.29, 0.717) is 16.3 Å². The zero-order valence-electron chi connectivity index (χ0n) is 16.3. The molecule has 0 saturated carbocycles. The van der Waals surface area contributed by atoms with Crippen LogP contribution in [0, 0.1) is 10.1 Å². The van der Waals surface area contributed by atoms with Gasteiger partial charge in [-0.3, -0.25) is 15.4 Å². The minimum Gasteiger partial charge on any atom is -0.530 e. The van der Waals surface area contributed by atoms with E-state index in [-0.39, 0.29) is 11.4 Å². The van der Waals surface area contributed by atoms with Crippen molar-refractivity contribution in [3.05, 3.63) is 52.6 Å². The predicted octanol–water partition coefficient (Wildman–Crippen LogP) is 3.51. The van der Waals surface area contributed by atoms with Crippen LogP contribution in [-0.4, -0.2) is 29.8 Å². The van der Waals surface area contributed by atoms with Crippen LogP contribution in [0.1, 0.15) is 20.8 Å². The average Bonchev–Trinajstić information content (AvgIpc) is 2.60. The maximum absolute atomic E-state index is 11.8. The summed E-state index contributed by atoms with van der Waals surface area (Å²) >= 11 is 0. The number of nitrogens with one attached hydrogen (secondary N) is 1. The van der Waals surface area contributed by atoms with Crippen molar-refractivity contribution in [1.82, 2.24) is 0 Å². The molecule has 154 valence electrons. The Hall–Kier alpha value is -3.82. The molecule has 0 heterocycles. The lowest BCUT2D eigenvalue weighted by Gasteiger charge is -2.20. The fourth-order valence-corrected chi connectivity index (χ4v) is 2.25. The first kappa shape index (κ1) is 21.5. The molecule has 2 aromatic rings. The fraction of sp³-hybridized carbons (Fsp3) is 0.263. The molecular weight excluding hydrogens is 382 g/mol. The highest BCUT2D eigenvalue weighted by Gasteiger charge is 2.19. The molecule has 0 saturated heterocycles. The van der Waals surface area contributed by atoms with Crippen molar-refractivity contribution in [2.45, 2.75) is 26.4 Å². The second-order valence-electron chi connectivity index (χ2n) is 6.99. The van der Waals surface area contributed by atoms with Crippen molar-refractivity contribution in [3.8, 4) is 11.5 Å². The summed E-state index contributed by atoms with van der Waals surface area (Å²) in [4.78, 5) is 33.9. The molecule has 0 spiro atoms. The van der Waals surface area contributed by atoms with Crippen LogP contribution in [0.3, 0.4) is 0 Å². The predicted molar refractivity (Wildman–Crippen MR) is 103 cm³/mol. The van der Waals surface area contributed by atoms with Gasteiger partial charge in [0.25, 0.3) is 5.69 Å². The third-order valence-electron chi connectivity index (χ3n) is 3.51. The SMILES string of the molecule is CN(C(=O)[O-])c1cc(Oc2ccc(NC(=O)OC(C)(C)C)cc2)ccc1[N+](=O)[O-]. The van der Waals surface area contributed by atoms with Crippen molar-refractivity contribution < 1.29 is 29.1 Å². The highest BCUT2D eigenvalue weighted by atomic mass is 16.6. The molecule has 2 aromatic carbocycles. The zero-order valence-corrected chi connectivity index (χ0v) is 16.3. The molecule has 29 heavy (non-hydrogen) atoms. The molecule has 0 radical (unpaired) electrons. The molecule has 0 bridgehead atoms. The van der Waals surface area contributed by atoms with Crippen LogP contribution < -0.4 is 20.1 Å². The van der Waals surface area contributed by atoms with Gasteiger partial charge in [0.2, 0.25) is 0 Å². The van der Waals surface area contributed by atoms with Gasteiger partial charge in [0, 0.05) is 24.9 Å². The van der Waals surface area contributed by atoms with E-state index >= 15 is 0 Å². The number of hydrogen-bond donors (Lipinski definition) is 1. The molecule has 0 atom stereocenters. The smallest absolute Gasteiger partial charge is 0.412 e. The number of amides is 2. The summed E-state index contributed by atoms with van der Waals surface area (Å²) in [5, 5.41) is 24.7. The van der Waals surface area contributed by atoms with E-state index in [1.165, 1.54) is 12.1 Å². The second-order valence-corrected chi connectivity index (χ2v) is 6.99. The number of anilines is 2. The number of carbonyl (C=O) groups excluding carboxylic acids is 2. The van der Waals surface area contributed by atoms with E-state index < -0.39 is 28.4 Å². The number of benzene rings is 2. The van der Waals surface area contributed by atoms with Crippen molar-refractivity contribution >= 4 is 29.2 Å². The lowest BCUT2D eigenvalue weighted by Crippen LogP contribution is -2.38. The highest BCUT2D eigenvalue weighted by Crippen LogP contribution is 2.33. The standard InChI is InChI=1S/C19H21N3O7/c1-19(2,3)29-17(23)20-12-5-7-13(8-6-12)28-14-9-10-15(22(26)27)16(11-14)21(4)18(24)25/h5-11H,1-4H3,(H,20,23)(H,24,25)/p-1. The van der Waals surface area contributed by atoms with Crippen LogP contribution in [0.25, 0.3) is 0 Å². The maximum Gasteiger partial charge on any atom is 0.412 e. The van der Waals surface area contributed by atoms with Gasteiger partial charge in [-0.1, -0.05) is 0 Å². The average molecular weight is 402 g/mol. The number of nitro groups is 1. The molecule has 0 fully saturated rings. The van der Waals surface area contributed by atoms with Gasteiger partial charge in [0.05, 0.1) is 4.92 Å². The van der Waals surface area contributed by atoms with E-state index in [1.54, 1.807) is 45.0 Å². The molecule has 2 rings (SSSR count). The van der Waals surface area contributed by atoms with Crippen LogP contribution in [0.15, 0.2) is 42.5 Å². The lowest BCUT2D eigenvalue weighted by atomic mass is 10.2. The first-order valence-electron chi connectivity index (χ1n) is 8.47. The van der Waals surface area contributed by atoms with E-state index in [9.17, 15) is 24.8 Å². The summed E-state index contributed by atoms with van der Waals surface area (Å²) in [6, 6.07) is 10.0. The van der Waals surface area contributed by atoms with E-state index in [0.717, 1.165) is 13.1 Å². The Balaban J connectivity index is 2.15. The minimum atomic E-state index is -1.59. The third kappa shape index (κ3) is 6.09. The van der Waals surface area contributed by atoms with Crippen LogP contribution in [0.4, 0.5) is 26.7 Å².